The number of H-pyrrole nitrogens is 1. The zero-order valence-electron chi connectivity index (χ0n) is 12.6. The Morgan fingerprint density at radius 1 is 1.38 bits per heavy atom. The second-order valence-corrected chi connectivity index (χ2v) is 7.35. The summed E-state index contributed by atoms with van der Waals surface area (Å²) in [6, 6.07) is 6.36. The second kappa shape index (κ2) is 7.70. The molecule has 1 aliphatic carbocycles. The molecule has 1 unspecified atom stereocenters. The Morgan fingerprint density at radius 2 is 2.12 bits per heavy atom. The summed E-state index contributed by atoms with van der Waals surface area (Å²) in [4.78, 5) is 7.65. The number of aliphatic hydroxyl groups is 1. The van der Waals surface area contributed by atoms with E-state index in [2.05, 4.69) is 9.97 Å². The molecule has 1 heterocycles. The molecule has 3 rings (SSSR count). The van der Waals surface area contributed by atoms with Gasteiger partial charge in [-0.2, -0.15) is 0 Å². The van der Waals surface area contributed by atoms with Crippen molar-refractivity contribution in [1.82, 2.24) is 9.97 Å². The maximum atomic E-state index is 10.0. The van der Waals surface area contributed by atoms with E-state index in [4.69, 9.17) is 27.9 Å². The van der Waals surface area contributed by atoms with Gasteiger partial charge in [0, 0.05) is 22.9 Å². The standard InChI is InChI=1S/C16H16Cl2N2O3S/c17-12-5-14-15(6-13(12)18)20-16(19-14)24-8-10(22)7-23-11-3-1-9(21)2-4-11/h1-5,10,13,21-22H,6-8H2,(H,19,20)/t10-,13?/m1/s1. The number of fused-ring (bicyclic) bond motifs is 1. The van der Waals surface area contributed by atoms with Gasteiger partial charge in [-0.05, 0) is 30.3 Å². The van der Waals surface area contributed by atoms with Crippen LogP contribution in [0.1, 0.15) is 11.4 Å². The van der Waals surface area contributed by atoms with Crippen LogP contribution in [0.5, 0.6) is 11.5 Å². The van der Waals surface area contributed by atoms with Gasteiger partial charge in [-0.25, -0.2) is 4.98 Å². The minimum atomic E-state index is -0.647. The summed E-state index contributed by atoms with van der Waals surface area (Å²) in [6.45, 7) is 0.160. The Labute approximate surface area is 153 Å². The fourth-order valence-corrected chi connectivity index (χ4v) is 3.40. The first-order valence-electron chi connectivity index (χ1n) is 7.34. The largest absolute Gasteiger partial charge is 0.508 e. The second-order valence-electron chi connectivity index (χ2n) is 5.38. The first kappa shape index (κ1) is 17.5. The van der Waals surface area contributed by atoms with Crippen molar-refractivity contribution in [3.05, 3.63) is 40.7 Å². The number of aromatic amines is 1. The number of alkyl halides is 1. The molecule has 2 atom stereocenters. The lowest BCUT2D eigenvalue weighted by molar-refractivity contribution is 0.126. The van der Waals surface area contributed by atoms with Gasteiger partial charge >= 0.3 is 0 Å². The van der Waals surface area contributed by atoms with Crippen molar-refractivity contribution in [2.75, 3.05) is 12.4 Å². The third kappa shape index (κ3) is 4.39. The SMILES string of the molecule is Oc1ccc(OC[C@@H](O)CSc2nc3c([nH]2)CC(Cl)C(Cl)=C3)cc1. The summed E-state index contributed by atoms with van der Waals surface area (Å²) < 4.78 is 5.47. The van der Waals surface area contributed by atoms with Crippen molar-refractivity contribution in [3.8, 4) is 11.5 Å². The summed E-state index contributed by atoms with van der Waals surface area (Å²) in [5, 5.41) is 20.3. The maximum Gasteiger partial charge on any atom is 0.166 e. The van der Waals surface area contributed by atoms with Crippen LogP contribution < -0.4 is 4.74 Å². The number of aromatic nitrogens is 2. The van der Waals surface area contributed by atoms with Crippen molar-refractivity contribution in [2.45, 2.75) is 23.1 Å². The molecule has 0 aliphatic heterocycles. The molecule has 0 fully saturated rings. The number of imidazole rings is 1. The van der Waals surface area contributed by atoms with Gasteiger partial charge < -0.3 is 19.9 Å². The van der Waals surface area contributed by atoms with Crippen LogP contribution in [0.15, 0.2) is 34.5 Å². The lowest BCUT2D eigenvalue weighted by atomic mass is 10.1. The predicted molar refractivity (Wildman–Crippen MR) is 96.1 cm³/mol. The fourth-order valence-electron chi connectivity index (χ4n) is 2.20. The number of aromatic hydroxyl groups is 1. The molecule has 128 valence electrons. The molecule has 0 spiro atoms. The highest BCUT2D eigenvalue weighted by atomic mass is 35.5. The lowest BCUT2D eigenvalue weighted by Gasteiger charge is -2.12. The number of hydrogen-bond donors (Lipinski definition) is 3. The smallest absolute Gasteiger partial charge is 0.166 e. The number of aliphatic hydroxyl groups excluding tert-OH is 1. The molecule has 8 heteroatoms. The van der Waals surface area contributed by atoms with Crippen molar-refractivity contribution in [1.29, 1.82) is 0 Å². The number of thioether (sulfide) groups is 1. The highest BCUT2D eigenvalue weighted by Crippen LogP contribution is 2.30. The molecule has 24 heavy (non-hydrogen) atoms. The summed E-state index contributed by atoms with van der Waals surface area (Å²) in [7, 11) is 0. The molecule has 0 saturated heterocycles. The topological polar surface area (TPSA) is 78.4 Å². The van der Waals surface area contributed by atoms with Gasteiger partial charge in [-0.3, -0.25) is 0 Å². The number of allylic oxidation sites excluding steroid dienone is 1. The molecule has 0 bridgehead atoms. The van der Waals surface area contributed by atoms with Crippen LogP contribution in [0.25, 0.3) is 6.08 Å². The van der Waals surface area contributed by atoms with Crippen molar-refractivity contribution in [2.24, 2.45) is 0 Å². The van der Waals surface area contributed by atoms with Crippen molar-refractivity contribution < 1.29 is 14.9 Å². The van der Waals surface area contributed by atoms with Crippen LogP contribution in [0.3, 0.4) is 0 Å². The molecule has 0 saturated carbocycles. The van der Waals surface area contributed by atoms with Gasteiger partial charge in [-0.15, -0.1) is 11.6 Å². The van der Waals surface area contributed by atoms with Crippen LogP contribution in [-0.4, -0.2) is 44.0 Å². The molecule has 0 amide bonds. The Bertz CT molecular complexity index is 733. The molecular formula is C16H16Cl2N2O3S. The summed E-state index contributed by atoms with van der Waals surface area (Å²) in [6.07, 6.45) is 1.74. The Balaban J connectivity index is 1.49. The van der Waals surface area contributed by atoms with Gasteiger partial charge in [0.15, 0.2) is 5.16 Å². The molecule has 2 aromatic rings. The molecule has 0 radical (unpaired) electrons. The minimum Gasteiger partial charge on any atom is -0.508 e. The molecular weight excluding hydrogens is 371 g/mol. The van der Waals surface area contributed by atoms with Crippen LogP contribution in [-0.2, 0) is 6.42 Å². The quantitative estimate of drug-likeness (QED) is 0.523. The van der Waals surface area contributed by atoms with Crippen LogP contribution in [0, 0.1) is 0 Å². The zero-order valence-corrected chi connectivity index (χ0v) is 14.9. The van der Waals surface area contributed by atoms with Crippen molar-refractivity contribution >= 4 is 41.0 Å². The average molecular weight is 387 g/mol. The van der Waals surface area contributed by atoms with E-state index < -0.39 is 6.10 Å². The van der Waals surface area contributed by atoms with E-state index in [0.29, 0.717) is 23.0 Å². The highest BCUT2D eigenvalue weighted by Gasteiger charge is 2.21. The van der Waals surface area contributed by atoms with Gasteiger partial charge in [0.05, 0.1) is 17.2 Å². The summed E-state index contributed by atoms with van der Waals surface area (Å²) in [5.41, 5.74) is 1.76. The number of rotatable bonds is 6. The number of nitrogens with zero attached hydrogens (tertiary/aromatic N) is 1. The van der Waals surface area contributed by atoms with E-state index in [1.807, 2.05) is 0 Å². The average Bonchev–Trinajstić information content (AvgIpc) is 2.94. The zero-order chi connectivity index (χ0) is 17.1. The Hall–Kier alpha value is -1.34. The summed E-state index contributed by atoms with van der Waals surface area (Å²) >= 11 is 13.6. The summed E-state index contributed by atoms with van der Waals surface area (Å²) in [5.74, 6) is 1.21. The highest BCUT2D eigenvalue weighted by molar-refractivity contribution is 7.99. The van der Waals surface area contributed by atoms with Gasteiger partial charge in [0.25, 0.3) is 0 Å². The molecule has 1 aromatic heterocycles. The molecule has 5 nitrogen and oxygen atoms in total. The van der Waals surface area contributed by atoms with Gasteiger partial charge in [-0.1, -0.05) is 23.4 Å². The fraction of sp³-hybridized carbons (Fsp3) is 0.312. The van der Waals surface area contributed by atoms with E-state index >= 15 is 0 Å². The Kier molecular flexibility index (Phi) is 5.61. The minimum absolute atomic E-state index is 0.160. The molecule has 1 aliphatic rings. The predicted octanol–water partition coefficient (Wildman–Crippen LogP) is 3.39. The number of ether oxygens (including phenoxy) is 1. The van der Waals surface area contributed by atoms with Gasteiger partial charge in [0.2, 0.25) is 0 Å². The number of hydrogen-bond acceptors (Lipinski definition) is 5. The van der Waals surface area contributed by atoms with E-state index in [1.54, 1.807) is 18.2 Å². The Morgan fingerprint density at radius 3 is 2.88 bits per heavy atom. The number of halogens is 2. The number of phenols is 1. The van der Waals surface area contributed by atoms with E-state index in [9.17, 15) is 10.2 Å². The maximum absolute atomic E-state index is 10.0. The third-order valence-electron chi connectivity index (χ3n) is 3.44. The number of phenolic OH excluding ortho intramolecular Hbond substituents is 1. The van der Waals surface area contributed by atoms with Gasteiger partial charge in [0.1, 0.15) is 18.1 Å². The monoisotopic (exact) mass is 386 g/mol. The third-order valence-corrected chi connectivity index (χ3v) is 5.33. The van der Waals surface area contributed by atoms with Crippen LogP contribution >= 0.6 is 35.0 Å². The van der Waals surface area contributed by atoms with Crippen LogP contribution in [0.2, 0.25) is 0 Å². The first-order valence-corrected chi connectivity index (χ1v) is 9.14. The van der Waals surface area contributed by atoms with E-state index in [1.165, 1.54) is 23.9 Å². The first-order chi connectivity index (χ1) is 11.5. The number of benzene rings is 1. The molecule has 3 N–H and O–H groups in total. The lowest BCUT2D eigenvalue weighted by Crippen LogP contribution is -2.20. The van der Waals surface area contributed by atoms with E-state index in [-0.39, 0.29) is 17.7 Å². The number of nitrogens with one attached hydrogen (secondary N) is 1. The van der Waals surface area contributed by atoms with Crippen molar-refractivity contribution in [3.63, 3.8) is 0 Å². The van der Waals surface area contributed by atoms with Crippen LogP contribution in [0.4, 0.5) is 0 Å². The van der Waals surface area contributed by atoms with E-state index in [0.717, 1.165) is 16.5 Å². The normalized spacial score (nSPS) is 18.0. The molecule has 1 aromatic carbocycles.